The second-order valence-corrected chi connectivity index (χ2v) is 8.69. The maximum Gasteiger partial charge on any atom is 0.255 e. The van der Waals surface area contributed by atoms with Gasteiger partial charge in [-0.25, -0.2) is 4.39 Å². The smallest absolute Gasteiger partial charge is 0.255 e. The molecule has 3 N–H and O–H groups in total. The number of hydrogen-bond acceptors (Lipinski definition) is 3. The summed E-state index contributed by atoms with van der Waals surface area (Å²) >= 11 is 0. The predicted octanol–water partition coefficient (Wildman–Crippen LogP) is 6.01. The van der Waals surface area contributed by atoms with Gasteiger partial charge in [-0.15, -0.1) is 0 Å². The lowest BCUT2D eigenvalue weighted by Crippen LogP contribution is -2.43. The maximum atomic E-state index is 13.7. The first kappa shape index (κ1) is 21.9. The molecule has 2 aromatic rings. The van der Waals surface area contributed by atoms with Crippen LogP contribution >= 0.6 is 0 Å². The summed E-state index contributed by atoms with van der Waals surface area (Å²) in [6.45, 7) is 5.11. The van der Waals surface area contributed by atoms with Crippen molar-refractivity contribution in [3.63, 3.8) is 0 Å². The van der Waals surface area contributed by atoms with Gasteiger partial charge in [-0.1, -0.05) is 54.6 Å². The van der Waals surface area contributed by atoms with Crippen LogP contribution in [0.1, 0.15) is 44.7 Å². The molecule has 1 aliphatic carbocycles. The van der Waals surface area contributed by atoms with Gasteiger partial charge < -0.3 is 15.7 Å². The van der Waals surface area contributed by atoms with Gasteiger partial charge >= 0.3 is 0 Å². The minimum absolute atomic E-state index is 0.0336. The van der Waals surface area contributed by atoms with Crippen LogP contribution in [-0.4, -0.2) is 17.1 Å². The third kappa shape index (κ3) is 4.07. The molecule has 1 heterocycles. The van der Waals surface area contributed by atoms with Crippen molar-refractivity contribution in [2.75, 3.05) is 5.32 Å². The standard InChI is InChI=1S/C27H29FN2O2/c1-4-18(16-17(2)28)24(19-14-15-19)29-26(32)23-21-12-8-9-13-22(21)30-27(3,25(23)31)20-10-6-5-7-11-20/h4-13,16,19,24,30-31H,14-15H2,1-3H3,(H,29,32)/b17-16+,18-4+/t24-,27?/m1/s1. The monoisotopic (exact) mass is 432 g/mol. The molecule has 166 valence electrons. The van der Waals surface area contributed by atoms with Gasteiger partial charge in [-0.3, -0.25) is 4.79 Å². The van der Waals surface area contributed by atoms with Crippen molar-refractivity contribution in [1.82, 2.24) is 5.32 Å². The lowest BCUT2D eigenvalue weighted by molar-refractivity contribution is -0.116. The minimum atomic E-state index is -0.962. The van der Waals surface area contributed by atoms with Gasteiger partial charge in [0, 0.05) is 11.3 Å². The molecule has 1 amide bonds. The lowest BCUT2D eigenvalue weighted by atomic mass is 9.81. The Morgan fingerprint density at radius 3 is 2.47 bits per heavy atom. The number of hydrogen-bond donors (Lipinski definition) is 3. The van der Waals surface area contributed by atoms with Gasteiger partial charge in [-0.05, 0) is 62.8 Å². The number of nitrogens with one attached hydrogen (secondary N) is 2. The molecule has 0 aromatic heterocycles. The fraction of sp³-hybridized carbons (Fsp3) is 0.296. The number of anilines is 1. The number of carbonyl (C=O) groups excluding carboxylic acids is 1. The van der Waals surface area contributed by atoms with E-state index < -0.39 is 5.54 Å². The van der Waals surface area contributed by atoms with E-state index in [1.165, 1.54) is 13.0 Å². The fourth-order valence-corrected chi connectivity index (χ4v) is 4.43. The molecule has 1 aliphatic heterocycles. The van der Waals surface area contributed by atoms with Crippen molar-refractivity contribution in [3.8, 4) is 0 Å². The molecule has 32 heavy (non-hydrogen) atoms. The Morgan fingerprint density at radius 1 is 1.19 bits per heavy atom. The molecule has 4 rings (SSSR count). The number of allylic oxidation sites excluding steroid dienone is 2. The quantitative estimate of drug-likeness (QED) is 0.490. The van der Waals surface area contributed by atoms with Crippen LogP contribution < -0.4 is 10.6 Å². The third-order valence-electron chi connectivity index (χ3n) is 6.31. The van der Waals surface area contributed by atoms with E-state index in [-0.39, 0.29) is 35.0 Å². The third-order valence-corrected chi connectivity index (χ3v) is 6.31. The van der Waals surface area contributed by atoms with Gasteiger partial charge in [0.15, 0.2) is 0 Å². The number of halogens is 1. The van der Waals surface area contributed by atoms with Crippen molar-refractivity contribution in [3.05, 3.63) is 95.0 Å². The average molecular weight is 433 g/mol. The van der Waals surface area contributed by atoms with E-state index in [0.717, 1.165) is 29.7 Å². The zero-order valence-electron chi connectivity index (χ0n) is 18.7. The molecule has 2 atom stereocenters. The first-order chi connectivity index (χ1) is 15.3. The van der Waals surface area contributed by atoms with Crippen molar-refractivity contribution >= 4 is 17.2 Å². The van der Waals surface area contributed by atoms with E-state index >= 15 is 0 Å². The molecule has 5 heteroatoms. The average Bonchev–Trinajstić information content (AvgIpc) is 3.62. The number of benzene rings is 2. The fourth-order valence-electron chi connectivity index (χ4n) is 4.43. The molecule has 4 nitrogen and oxygen atoms in total. The Hall–Kier alpha value is -3.34. The zero-order valence-corrected chi connectivity index (χ0v) is 18.7. The SMILES string of the molecule is C/C=C(\C=C(/C)F)[C@@H](NC(=O)C1=C(O)C(C)(c2ccccc2)Nc2ccccc21)C1CC1. The predicted molar refractivity (Wildman–Crippen MR) is 127 cm³/mol. The van der Waals surface area contributed by atoms with Crippen molar-refractivity contribution in [2.45, 2.75) is 45.2 Å². The Bertz CT molecular complexity index is 1110. The van der Waals surface area contributed by atoms with Crippen molar-refractivity contribution in [1.29, 1.82) is 0 Å². The van der Waals surface area contributed by atoms with Gasteiger partial charge in [0.1, 0.15) is 11.3 Å². The Morgan fingerprint density at radius 2 is 1.84 bits per heavy atom. The Labute approximate surface area is 188 Å². The molecule has 0 saturated heterocycles. The summed E-state index contributed by atoms with van der Waals surface area (Å²) < 4.78 is 13.7. The first-order valence-corrected chi connectivity index (χ1v) is 11.0. The van der Waals surface area contributed by atoms with E-state index in [1.54, 1.807) is 0 Å². The molecular formula is C27H29FN2O2. The van der Waals surface area contributed by atoms with E-state index in [0.29, 0.717) is 5.56 Å². The summed E-state index contributed by atoms with van der Waals surface area (Å²) in [6.07, 6.45) is 5.27. The molecule has 1 fully saturated rings. The van der Waals surface area contributed by atoms with Crippen LogP contribution in [-0.2, 0) is 10.3 Å². The van der Waals surface area contributed by atoms with Crippen molar-refractivity contribution < 1.29 is 14.3 Å². The summed E-state index contributed by atoms with van der Waals surface area (Å²) in [5.41, 5.74) is 2.29. The second-order valence-electron chi connectivity index (χ2n) is 8.69. The van der Waals surface area contributed by atoms with Gasteiger partial charge in [0.25, 0.3) is 5.91 Å². The molecule has 0 radical (unpaired) electrons. The second kappa shape index (κ2) is 8.65. The number of fused-ring (bicyclic) bond motifs is 1. The highest BCUT2D eigenvalue weighted by Gasteiger charge is 2.42. The Balaban J connectivity index is 1.77. The summed E-state index contributed by atoms with van der Waals surface area (Å²) in [5.74, 6) is -0.432. The largest absolute Gasteiger partial charge is 0.509 e. The molecule has 1 unspecified atom stereocenters. The summed E-state index contributed by atoms with van der Waals surface area (Å²) in [7, 11) is 0. The molecule has 2 aromatic carbocycles. The number of carbonyl (C=O) groups is 1. The van der Waals surface area contributed by atoms with Crippen molar-refractivity contribution in [2.24, 2.45) is 5.92 Å². The van der Waals surface area contributed by atoms with Gasteiger partial charge in [0.2, 0.25) is 0 Å². The highest BCUT2D eigenvalue weighted by molar-refractivity contribution is 6.22. The van der Waals surface area contributed by atoms with Gasteiger partial charge in [0.05, 0.1) is 17.4 Å². The van der Waals surface area contributed by atoms with Crippen LogP contribution in [0.4, 0.5) is 10.1 Å². The minimum Gasteiger partial charge on any atom is -0.509 e. The van der Waals surface area contributed by atoms with Crippen LogP contribution in [0.2, 0.25) is 0 Å². The van der Waals surface area contributed by atoms with Gasteiger partial charge in [-0.2, -0.15) is 0 Å². The summed E-state index contributed by atoms with van der Waals surface area (Å²) in [6, 6.07) is 16.7. The molecule has 0 bridgehead atoms. The van der Waals surface area contributed by atoms with Crippen LogP contribution in [0.15, 0.2) is 83.9 Å². The zero-order chi connectivity index (χ0) is 22.9. The Kier molecular flexibility index (Phi) is 5.92. The first-order valence-electron chi connectivity index (χ1n) is 11.0. The number of para-hydroxylation sites is 1. The van der Waals surface area contributed by atoms with Crippen LogP contribution in [0.25, 0.3) is 5.57 Å². The highest BCUT2D eigenvalue weighted by atomic mass is 19.1. The topological polar surface area (TPSA) is 61.4 Å². The van der Waals surface area contributed by atoms with Crippen LogP contribution in [0, 0.1) is 5.92 Å². The maximum absolute atomic E-state index is 13.7. The van der Waals surface area contributed by atoms with Crippen LogP contribution in [0.3, 0.4) is 0 Å². The summed E-state index contributed by atoms with van der Waals surface area (Å²) in [4.78, 5) is 13.6. The summed E-state index contributed by atoms with van der Waals surface area (Å²) in [5, 5.41) is 18.0. The van der Waals surface area contributed by atoms with E-state index in [4.69, 9.17) is 0 Å². The normalized spacial score (nSPS) is 22.1. The molecule has 1 saturated carbocycles. The number of aliphatic hydroxyl groups excluding tert-OH is 1. The lowest BCUT2D eigenvalue weighted by Gasteiger charge is -2.38. The van der Waals surface area contributed by atoms with E-state index in [1.807, 2.05) is 74.5 Å². The van der Waals surface area contributed by atoms with E-state index in [2.05, 4.69) is 10.6 Å². The molecule has 2 aliphatic rings. The number of amides is 1. The molecule has 0 spiro atoms. The number of aliphatic hydroxyl groups is 1. The molecular weight excluding hydrogens is 403 g/mol. The van der Waals surface area contributed by atoms with Crippen LogP contribution in [0.5, 0.6) is 0 Å². The highest BCUT2D eigenvalue weighted by Crippen LogP contribution is 2.44. The number of rotatable bonds is 6. The van der Waals surface area contributed by atoms with E-state index in [9.17, 15) is 14.3 Å².